The van der Waals surface area contributed by atoms with E-state index in [0.717, 1.165) is 11.3 Å². The maximum atomic E-state index is 12.6. The summed E-state index contributed by atoms with van der Waals surface area (Å²) in [6, 6.07) is 4.70. The van der Waals surface area contributed by atoms with Crippen LogP contribution in [0, 0.1) is 6.92 Å². The number of hydrogen-bond acceptors (Lipinski definition) is 6. The van der Waals surface area contributed by atoms with Crippen LogP contribution >= 0.6 is 11.3 Å². The summed E-state index contributed by atoms with van der Waals surface area (Å²) >= 11 is 1.16. The number of nitrogens with zero attached hydrogens (tertiary/aromatic N) is 2. The van der Waals surface area contributed by atoms with E-state index in [-0.39, 0.29) is 29.5 Å². The van der Waals surface area contributed by atoms with Gasteiger partial charge in [-0.2, -0.15) is 8.78 Å². The number of methoxy groups -OCH3 is 1. The molecule has 0 aliphatic carbocycles. The Labute approximate surface area is 168 Å². The predicted molar refractivity (Wildman–Crippen MR) is 105 cm³/mol. The number of benzene rings is 1. The molecule has 0 atom stereocenters. The Morgan fingerprint density at radius 1 is 1.34 bits per heavy atom. The molecular formula is C19H19F2N3O4S. The highest BCUT2D eigenvalue weighted by Crippen LogP contribution is 2.30. The van der Waals surface area contributed by atoms with E-state index in [0.29, 0.717) is 32.6 Å². The molecule has 1 aromatic carbocycles. The second-order valence-corrected chi connectivity index (χ2v) is 7.27. The van der Waals surface area contributed by atoms with Gasteiger partial charge in [-0.3, -0.25) is 9.59 Å². The molecule has 0 aliphatic rings. The number of amides is 1. The molecule has 1 N–H and O–H groups in total. The van der Waals surface area contributed by atoms with Crippen molar-refractivity contribution in [2.24, 2.45) is 7.05 Å². The number of aromatic nitrogens is 2. The summed E-state index contributed by atoms with van der Waals surface area (Å²) in [6.07, 6.45) is 1.82. The van der Waals surface area contributed by atoms with Crippen LogP contribution in [0.3, 0.4) is 0 Å². The molecule has 1 amide bonds. The Morgan fingerprint density at radius 2 is 2.10 bits per heavy atom. The van der Waals surface area contributed by atoms with Crippen molar-refractivity contribution >= 4 is 27.5 Å². The van der Waals surface area contributed by atoms with E-state index in [9.17, 15) is 18.4 Å². The SMILES string of the molecule is COc1ccc(CCNC(=O)c2sc3ncn(C)c(=O)c3c2C)cc1OC(F)F. The van der Waals surface area contributed by atoms with Gasteiger partial charge in [0.2, 0.25) is 0 Å². The smallest absolute Gasteiger partial charge is 0.387 e. The minimum atomic E-state index is -2.96. The summed E-state index contributed by atoms with van der Waals surface area (Å²) in [6.45, 7) is -0.969. The van der Waals surface area contributed by atoms with Crippen LogP contribution in [0.5, 0.6) is 11.5 Å². The van der Waals surface area contributed by atoms with E-state index in [4.69, 9.17) is 4.74 Å². The predicted octanol–water partition coefficient (Wildman–Crippen LogP) is 2.89. The van der Waals surface area contributed by atoms with Gasteiger partial charge >= 0.3 is 6.61 Å². The maximum absolute atomic E-state index is 12.6. The van der Waals surface area contributed by atoms with Crippen LogP contribution < -0.4 is 20.3 Å². The molecule has 0 saturated heterocycles. The molecule has 3 rings (SSSR count). The van der Waals surface area contributed by atoms with Crippen LogP contribution in [0.4, 0.5) is 8.78 Å². The zero-order valence-electron chi connectivity index (χ0n) is 16.0. The van der Waals surface area contributed by atoms with Gasteiger partial charge in [-0.05, 0) is 36.6 Å². The number of rotatable bonds is 7. The summed E-state index contributed by atoms with van der Waals surface area (Å²) in [7, 11) is 2.97. The quantitative estimate of drug-likeness (QED) is 0.632. The molecule has 154 valence electrons. The lowest BCUT2D eigenvalue weighted by Crippen LogP contribution is -2.25. The van der Waals surface area contributed by atoms with E-state index in [1.165, 1.54) is 30.1 Å². The Balaban J connectivity index is 1.70. The molecule has 0 spiro atoms. The molecule has 0 bridgehead atoms. The van der Waals surface area contributed by atoms with Gasteiger partial charge in [0.1, 0.15) is 4.83 Å². The standard InChI is InChI=1S/C19H19F2N3O4S/c1-10-14-17(23-9-24(2)18(14)26)29-15(10)16(25)22-7-6-11-4-5-12(27-3)13(8-11)28-19(20)21/h4-5,8-9,19H,6-7H2,1-3H3,(H,22,25). The first-order valence-corrected chi connectivity index (χ1v) is 9.48. The molecule has 10 heteroatoms. The van der Waals surface area contributed by atoms with Crippen LogP contribution in [0.2, 0.25) is 0 Å². The number of carbonyl (C=O) groups excluding carboxylic acids is 1. The molecule has 0 aliphatic heterocycles. The van der Waals surface area contributed by atoms with Gasteiger partial charge in [-0.15, -0.1) is 11.3 Å². The average Bonchev–Trinajstić information content (AvgIpc) is 3.02. The first-order valence-electron chi connectivity index (χ1n) is 8.66. The molecule has 2 aromatic heterocycles. The molecular weight excluding hydrogens is 404 g/mol. The largest absolute Gasteiger partial charge is 0.493 e. The van der Waals surface area contributed by atoms with Gasteiger partial charge in [0, 0.05) is 13.6 Å². The van der Waals surface area contributed by atoms with E-state index in [1.54, 1.807) is 20.0 Å². The fraction of sp³-hybridized carbons (Fsp3) is 0.316. The van der Waals surface area contributed by atoms with Crippen LogP contribution in [0.25, 0.3) is 10.2 Å². The third-order valence-corrected chi connectivity index (χ3v) is 5.56. The highest BCUT2D eigenvalue weighted by atomic mass is 32.1. The van der Waals surface area contributed by atoms with Crippen molar-refractivity contribution in [3.63, 3.8) is 0 Å². The van der Waals surface area contributed by atoms with Gasteiger partial charge in [0.15, 0.2) is 11.5 Å². The van der Waals surface area contributed by atoms with E-state index in [2.05, 4.69) is 15.0 Å². The first-order chi connectivity index (χ1) is 13.8. The van der Waals surface area contributed by atoms with Gasteiger partial charge in [0.25, 0.3) is 11.5 Å². The van der Waals surface area contributed by atoms with Gasteiger partial charge < -0.3 is 19.4 Å². The molecule has 7 nitrogen and oxygen atoms in total. The summed E-state index contributed by atoms with van der Waals surface area (Å²) in [5.74, 6) is -0.174. The highest BCUT2D eigenvalue weighted by molar-refractivity contribution is 7.20. The van der Waals surface area contributed by atoms with E-state index < -0.39 is 6.61 Å². The number of aryl methyl sites for hydroxylation is 2. The lowest BCUT2D eigenvalue weighted by atomic mass is 10.1. The lowest BCUT2D eigenvalue weighted by molar-refractivity contribution is -0.0512. The summed E-state index contributed by atoms with van der Waals surface area (Å²) in [5.41, 5.74) is 1.09. The lowest BCUT2D eigenvalue weighted by Gasteiger charge is -2.12. The number of thiophene rings is 1. The van der Waals surface area contributed by atoms with Crippen molar-refractivity contribution in [3.8, 4) is 11.5 Å². The van der Waals surface area contributed by atoms with Crippen LogP contribution in [-0.4, -0.2) is 35.7 Å². The van der Waals surface area contributed by atoms with Crippen molar-refractivity contribution in [2.45, 2.75) is 20.0 Å². The maximum Gasteiger partial charge on any atom is 0.387 e. The van der Waals surface area contributed by atoms with Crippen molar-refractivity contribution < 1.29 is 23.0 Å². The molecule has 0 radical (unpaired) electrons. The zero-order chi connectivity index (χ0) is 21.1. The number of halogens is 2. The Bertz CT molecular complexity index is 1110. The van der Waals surface area contributed by atoms with Crippen molar-refractivity contribution in [3.05, 3.63) is 50.9 Å². The summed E-state index contributed by atoms with van der Waals surface area (Å²) in [4.78, 5) is 30.0. The van der Waals surface area contributed by atoms with E-state index in [1.807, 2.05) is 0 Å². The summed E-state index contributed by atoms with van der Waals surface area (Å²) in [5, 5.41) is 3.23. The third-order valence-electron chi connectivity index (χ3n) is 4.36. The van der Waals surface area contributed by atoms with Crippen molar-refractivity contribution in [2.75, 3.05) is 13.7 Å². The molecule has 0 fully saturated rings. The normalized spacial score (nSPS) is 11.1. The minimum absolute atomic E-state index is 0.0615. The van der Waals surface area contributed by atoms with Gasteiger partial charge in [-0.1, -0.05) is 6.07 Å². The molecule has 3 aromatic rings. The Morgan fingerprint density at radius 3 is 2.79 bits per heavy atom. The van der Waals surface area contributed by atoms with Crippen LogP contribution in [0.15, 0.2) is 29.3 Å². The second-order valence-electron chi connectivity index (χ2n) is 6.27. The monoisotopic (exact) mass is 423 g/mol. The van der Waals surface area contributed by atoms with E-state index >= 15 is 0 Å². The van der Waals surface area contributed by atoms with Crippen molar-refractivity contribution in [1.82, 2.24) is 14.9 Å². The highest BCUT2D eigenvalue weighted by Gasteiger charge is 2.19. The topological polar surface area (TPSA) is 82.5 Å². The fourth-order valence-corrected chi connectivity index (χ4v) is 3.95. The molecule has 2 heterocycles. The second kappa shape index (κ2) is 8.56. The van der Waals surface area contributed by atoms with Crippen molar-refractivity contribution in [1.29, 1.82) is 0 Å². The minimum Gasteiger partial charge on any atom is -0.493 e. The first kappa shape index (κ1) is 20.7. The van der Waals surface area contributed by atoms with Crippen LogP contribution in [0.1, 0.15) is 20.8 Å². The fourth-order valence-electron chi connectivity index (χ4n) is 2.89. The van der Waals surface area contributed by atoms with Gasteiger partial charge in [-0.25, -0.2) is 4.98 Å². The number of fused-ring (bicyclic) bond motifs is 1. The molecule has 29 heavy (non-hydrogen) atoms. The number of carbonyl (C=O) groups is 1. The number of ether oxygens (including phenoxy) is 2. The van der Waals surface area contributed by atoms with Crippen LogP contribution in [-0.2, 0) is 13.5 Å². The molecule has 0 unspecified atom stereocenters. The zero-order valence-corrected chi connectivity index (χ0v) is 16.8. The average molecular weight is 423 g/mol. The number of alkyl halides is 2. The van der Waals surface area contributed by atoms with Gasteiger partial charge in [0.05, 0.1) is 23.7 Å². The number of hydrogen-bond donors (Lipinski definition) is 1. The molecule has 0 saturated carbocycles. The Hall–Kier alpha value is -3.01. The Kier molecular flexibility index (Phi) is 6.12. The number of nitrogens with one attached hydrogen (secondary N) is 1. The summed E-state index contributed by atoms with van der Waals surface area (Å²) < 4.78 is 35.9. The third kappa shape index (κ3) is 4.37.